The third-order valence-electron chi connectivity index (χ3n) is 3.07. The lowest BCUT2D eigenvalue weighted by Gasteiger charge is -2.13. The first kappa shape index (κ1) is 13.8. The van der Waals surface area contributed by atoms with E-state index in [1.165, 1.54) is 4.90 Å². The van der Waals surface area contributed by atoms with Gasteiger partial charge in [-0.05, 0) is 48.1 Å². The average Bonchev–Trinajstić information content (AvgIpc) is 2.77. The summed E-state index contributed by atoms with van der Waals surface area (Å²) in [6, 6.07) is 16.6. The Morgan fingerprint density at radius 3 is 2.38 bits per heavy atom. The van der Waals surface area contributed by atoms with E-state index in [0.717, 1.165) is 11.3 Å². The van der Waals surface area contributed by atoms with Crippen molar-refractivity contribution in [2.75, 3.05) is 4.90 Å². The zero-order chi connectivity index (χ0) is 14.8. The lowest BCUT2D eigenvalue weighted by Crippen LogP contribution is -2.30. The first-order valence-electron chi connectivity index (χ1n) is 6.33. The molecule has 0 bridgehead atoms. The molecular formula is C16H11ClN2OS. The smallest absolute Gasteiger partial charge is 0.281 e. The van der Waals surface area contributed by atoms with Crippen molar-refractivity contribution < 1.29 is 4.79 Å². The number of amides is 1. The summed E-state index contributed by atoms with van der Waals surface area (Å²) >= 11 is 11.1. The molecule has 1 aliphatic rings. The fourth-order valence-corrected chi connectivity index (χ4v) is 2.50. The van der Waals surface area contributed by atoms with Gasteiger partial charge in [0.25, 0.3) is 5.91 Å². The number of hydrogen-bond donors (Lipinski definition) is 1. The summed E-state index contributed by atoms with van der Waals surface area (Å²) in [4.78, 5) is 14.0. The minimum Gasteiger partial charge on any atom is -0.327 e. The highest BCUT2D eigenvalue weighted by molar-refractivity contribution is 7.80. The highest BCUT2D eigenvalue weighted by Gasteiger charge is 2.31. The van der Waals surface area contributed by atoms with Crippen molar-refractivity contribution in [1.82, 2.24) is 5.32 Å². The lowest BCUT2D eigenvalue weighted by atomic mass is 10.2. The van der Waals surface area contributed by atoms with Gasteiger partial charge in [-0.2, -0.15) is 0 Å². The SMILES string of the molecule is O=C1/C(=C/c2ccc(Cl)cc2)NC(=S)N1c1ccccc1. The summed E-state index contributed by atoms with van der Waals surface area (Å²) in [7, 11) is 0. The molecule has 1 heterocycles. The summed E-state index contributed by atoms with van der Waals surface area (Å²) in [5.41, 5.74) is 2.08. The summed E-state index contributed by atoms with van der Waals surface area (Å²) < 4.78 is 0. The van der Waals surface area contributed by atoms with Crippen molar-refractivity contribution in [3.05, 3.63) is 70.9 Å². The number of rotatable bonds is 2. The van der Waals surface area contributed by atoms with Gasteiger partial charge in [0.05, 0.1) is 5.69 Å². The van der Waals surface area contributed by atoms with E-state index >= 15 is 0 Å². The quantitative estimate of drug-likeness (QED) is 0.679. The number of para-hydroxylation sites is 1. The second-order valence-electron chi connectivity index (χ2n) is 4.52. The number of nitrogens with zero attached hydrogens (tertiary/aromatic N) is 1. The molecule has 1 saturated heterocycles. The molecular weight excluding hydrogens is 304 g/mol. The Kier molecular flexibility index (Phi) is 3.73. The summed E-state index contributed by atoms with van der Waals surface area (Å²) in [5, 5.41) is 3.99. The number of carbonyl (C=O) groups is 1. The van der Waals surface area contributed by atoms with E-state index in [0.29, 0.717) is 15.8 Å². The van der Waals surface area contributed by atoms with Gasteiger partial charge in [-0.3, -0.25) is 9.69 Å². The summed E-state index contributed by atoms with van der Waals surface area (Å²) in [6.45, 7) is 0. The Hall–Kier alpha value is -2.17. The van der Waals surface area contributed by atoms with E-state index in [1.54, 1.807) is 18.2 Å². The van der Waals surface area contributed by atoms with Gasteiger partial charge in [0.15, 0.2) is 5.11 Å². The molecule has 1 aliphatic heterocycles. The van der Waals surface area contributed by atoms with E-state index in [4.69, 9.17) is 23.8 Å². The molecule has 0 atom stereocenters. The maximum Gasteiger partial charge on any atom is 0.281 e. The zero-order valence-corrected chi connectivity index (χ0v) is 12.5. The number of hydrogen-bond acceptors (Lipinski definition) is 2. The molecule has 21 heavy (non-hydrogen) atoms. The van der Waals surface area contributed by atoms with Crippen LogP contribution in [0.4, 0.5) is 5.69 Å². The number of nitrogens with one attached hydrogen (secondary N) is 1. The second-order valence-corrected chi connectivity index (χ2v) is 5.34. The standard InChI is InChI=1S/C16H11ClN2OS/c17-12-8-6-11(7-9-12)10-14-15(20)19(16(21)18-14)13-4-2-1-3-5-13/h1-10H,(H,18,21)/b14-10-. The normalized spacial score (nSPS) is 16.4. The van der Waals surface area contributed by atoms with E-state index < -0.39 is 0 Å². The number of carbonyl (C=O) groups excluding carboxylic acids is 1. The highest BCUT2D eigenvalue weighted by Crippen LogP contribution is 2.22. The molecule has 1 amide bonds. The third kappa shape index (κ3) is 2.82. The van der Waals surface area contributed by atoms with Crippen LogP contribution in [0.1, 0.15) is 5.56 Å². The van der Waals surface area contributed by atoms with Crippen LogP contribution in [0.25, 0.3) is 6.08 Å². The monoisotopic (exact) mass is 314 g/mol. The molecule has 0 radical (unpaired) electrons. The van der Waals surface area contributed by atoms with Gasteiger partial charge in [0.1, 0.15) is 5.70 Å². The van der Waals surface area contributed by atoms with Gasteiger partial charge in [-0.1, -0.05) is 41.9 Å². The van der Waals surface area contributed by atoms with Gasteiger partial charge >= 0.3 is 0 Å². The number of anilines is 1. The molecule has 104 valence electrons. The molecule has 1 fully saturated rings. The fourth-order valence-electron chi connectivity index (χ4n) is 2.07. The number of thiocarbonyl (C=S) groups is 1. The van der Waals surface area contributed by atoms with Crippen molar-refractivity contribution in [2.45, 2.75) is 0 Å². The maximum absolute atomic E-state index is 12.5. The first-order chi connectivity index (χ1) is 10.1. The molecule has 2 aromatic carbocycles. The molecule has 0 aromatic heterocycles. The molecule has 0 unspecified atom stereocenters. The topological polar surface area (TPSA) is 32.3 Å². The van der Waals surface area contributed by atoms with Crippen LogP contribution in [-0.4, -0.2) is 11.0 Å². The Morgan fingerprint density at radius 2 is 1.71 bits per heavy atom. The van der Waals surface area contributed by atoms with E-state index in [1.807, 2.05) is 42.5 Å². The van der Waals surface area contributed by atoms with Crippen LogP contribution in [0.5, 0.6) is 0 Å². The van der Waals surface area contributed by atoms with Crippen LogP contribution in [0.2, 0.25) is 5.02 Å². The van der Waals surface area contributed by atoms with Crippen LogP contribution in [0, 0.1) is 0 Å². The van der Waals surface area contributed by atoms with Gasteiger partial charge in [0, 0.05) is 5.02 Å². The van der Waals surface area contributed by atoms with Gasteiger partial charge < -0.3 is 5.32 Å². The Balaban J connectivity index is 1.92. The van der Waals surface area contributed by atoms with Crippen molar-refractivity contribution in [3.63, 3.8) is 0 Å². The van der Waals surface area contributed by atoms with Crippen LogP contribution in [0.15, 0.2) is 60.3 Å². The summed E-state index contributed by atoms with van der Waals surface area (Å²) in [5.74, 6) is -0.166. The van der Waals surface area contributed by atoms with Gasteiger partial charge in [-0.15, -0.1) is 0 Å². The van der Waals surface area contributed by atoms with Crippen molar-refractivity contribution >= 4 is 46.6 Å². The van der Waals surface area contributed by atoms with Crippen LogP contribution >= 0.6 is 23.8 Å². The van der Waals surface area contributed by atoms with E-state index in [9.17, 15) is 4.79 Å². The third-order valence-corrected chi connectivity index (χ3v) is 3.61. The number of benzene rings is 2. The maximum atomic E-state index is 12.5. The minimum atomic E-state index is -0.166. The number of halogens is 1. The predicted octanol–water partition coefficient (Wildman–Crippen LogP) is 3.60. The van der Waals surface area contributed by atoms with Crippen LogP contribution < -0.4 is 10.2 Å². The molecule has 1 N–H and O–H groups in total. The molecule has 3 nitrogen and oxygen atoms in total. The van der Waals surface area contributed by atoms with E-state index in [-0.39, 0.29) is 5.91 Å². The van der Waals surface area contributed by atoms with Crippen molar-refractivity contribution in [2.24, 2.45) is 0 Å². The molecule has 0 aliphatic carbocycles. The first-order valence-corrected chi connectivity index (χ1v) is 7.11. The van der Waals surface area contributed by atoms with Crippen molar-refractivity contribution in [1.29, 1.82) is 0 Å². The fraction of sp³-hybridized carbons (Fsp3) is 0. The molecule has 0 saturated carbocycles. The Labute approximate surface area is 132 Å². The lowest BCUT2D eigenvalue weighted by molar-refractivity contribution is -0.113. The largest absolute Gasteiger partial charge is 0.327 e. The second kappa shape index (κ2) is 5.68. The Morgan fingerprint density at radius 1 is 1.05 bits per heavy atom. The zero-order valence-electron chi connectivity index (χ0n) is 10.9. The average molecular weight is 315 g/mol. The summed E-state index contributed by atoms with van der Waals surface area (Å²) in [6.07, 6.45) is 1.76. The van der Waals surface area contributed by atoms with Crippen LogP contribution in [-0.2, 0) is 4.79 Å². The molecule has 3 rings (SSSR count). The van der Waals surface area contributed by atoms with Crippen LogP contribution in [0.3, 0.4) is 0 Å². The van der Waals surface area contributed by atoms with Crippen molar-refractivity contribution in [3.8, 4) is 0 Å². The molecule has 2 aromatic rings. The highest BCUT2D eigenvalue weighted by atomic mass is 35.5. The molecule has 5 heteroatoms. The predicted molar refractivity (Wildman–Crippen MR) is 89.1 cm³/mol. The Bertz CT molecular complexity index is 726. The van der Waals surface area contributed by atoms with Gasteiger partial charge in [0.2, 0.25) is 0 Å². The molecule has 0 spiro atoms. The van der Waals surface area contributed by atoms with Gasteiger partial charge in [-0.25, -0.2) is 0 Å². The minimum absolute atomic E-state index is 0.166. The van der Waals surface area contributed by atoms with E-state index in [2.05, 4.69) is 5.32 Å².